The SMILES string of the molecule is C[C@@H](Sc1nnc(C2CC2)n1C1CC1)c1nc2scc(-c3cccs3)c2c(=O)[nH]1. The van der Waals surface area contributed by atoms with Crippen LogP contribution in [0.4, 0.5) is 0 Å². The van der Waals surface area contributed by atoms with Gasteiger partial charge in [0, 0.05) is 27.8 Å². The number of nitrogens with one attached hydrogen (secondary N) is 1. The van der Waals surface area contributed by atoms with Crippen molar-refractivity contribution < 1.29 is 0 Å². The van der Waals surface area contributed by atoms with Crippen molar-refractivity contribution in [3.8, 4) is 10.4 Å². The fourth-order valence-corrected chi connectivity index (χ4v) is 6.40. The minimum Gasteiger partial charge on any atom is -0.309 e. The van der Waals surface area contributed by atoms with E-state index in [0.29, 0.717) is 23.2 Å². The molecule has 0 spiro atoms. The standard InChI is InChI=1S/C20H19N5OS3/c1-10(29-20-24-23-17(11-4-5-11)25(20)12-6-7-12)16-21-18(26)15-13(9-28-19(15)22-16)14-3-2-8-27-14/h2-3,8-12H,4-7H2,1H3,(H,21,22,26)/t10-/m1/s1. The Kier molecular flexibility index (Phi) is 4.18. The number of aromatic amines is 1. The predicted molar refractivity (Wildman–Crippen MR) is 118 cm³/mol. The fraction of sp³-hybridized carbons (Fsp3) is 0.400. The quantitative estimate of drug-likeness (QED) is 0.407. The Balaban J connectivity index is 1.34. The number of thioether (sulfide) groups is 1. The maximum Gasteiger partial charge on any atom is 0.260 e. The van der Waals surface area contributed by atoms with Crippen LogP contribution in [0.2, 0.25) is 0 Å². The van der Waals surface area contributed by atoms with Crippen LogP contribution in [0.15, 0.2) is 32.8 Å². The molecule has 4 aromatic heterocycles. The van der Waals surface area contributed by atoms with Crippen LogP contribution < -0.4 is 5.56 Å². The van der Waals surface area contributed by atoms with E-state index in [1.165, 1.54) is 37.0 Å². The molecule has 4 aromatic rings. The van der Waals surface area contributed by atoms with Gasteiger partial charge in [-0.05, 0) is 44.1 Å². The Morgan fingerprint density at radius 1 is 1.24 bits per heavy atom. The van der Waals surface area contributed by atoms with Gasteiger partial charge in [0.05, 0.1) is 10.6 Å². The molecular formula is C20H19N5OS3. The summed E-state index contributed by atoms with van der Waals surface area (Å²) in [5.41, 5.74) is 0.910. The average Bonchev–Trinajstić information content (AvgIpc) is 3.59. The zero-order chi connectivity index (χ0) is 19.5. The summed E-state index contributed by atoms with van der Waals surface area (Å²) in [6.45, 7) is 2.07. The minimum atomic E-state index is -0.0653. The van der Waals surface area contributed by atoms with Gasteiger partial charge in [-0.15, -0.1) is 32.9 Å². The first kappa shape index (κ1) is 17.9. The molecule has 0 unspecified atom stereocenters. The first-order valence-electron chi connectivity index (χ1n) is 9.86. The lowest BCUT2D eigenvalue weighted by Gasteiger charge is -2.12. The average molecular weight is 442 g/mol. The molecule has 6 rings (SSSR count). The lowest BCUT2D eigenvalue weighted by Crippen LogP contribution is -2.12. The molecular weight excluding hydrogens is 422 g/mol. The molecule has 2 fully saturated rings. The van der Waals surface area contributed by atoms with E-state index in [2.05, 4.69) is 26.7 Å². The second-order valence-corrected chi connectivity index (χ2v) is 10.8. The zero-order valence-electron chi connectivity index (χ0n) is 15.8. The lowest BCUT2D eigenvalue weighted by atomic mass is 10.2. The Morgan fingerprint density at radius 2 is 2.10 bits per heavy atom. The van der Waals surface area contributed by atoms with Crippen LogP contribution in [-0.4, -0.2) is 24.7 Å². The molecule has 0 aromatic carbocycles. The first-order chi connectivity index (χ1) is 14.2. The van der Waals surface area contributed by atoms with Crippen molar-refractivity contribution in [3.63, 3.8) is 0 Å². The van der Waals surface area contributed by atoms with E-state index in [4.69, 9.17) is 4.98 Å². The van der Waals surface area contributed by atoms with E-state index in [9.17, 15) is 4.79 Å². The normalized spacial score (nSPS) is 17.8. The number of hydrogen-bond acceptors (Lipinski definition) is 7. The maximum absolute atomic E-state index is 12.9. The van der Waals surface area contributed by atoms with Gasteiger partial charge in [-0.2, -0.15) is 0 Å². The largest absolute Gasteiger partial charge is 0.309 e. The molecule has 2 saturated carbocycles. The molecule has 0 aliphatic heterocycles. The molecule has 2 aliphatic carbocycles. The third kappa shape index (κ3) is 3.15. The molecule has 148 valence electrons. The molecule has 1 N–H and O–H groups in total. The molecule has 0 amide bonds. The Bertz CT molecular complexity index is 1250. The molecule has 0 radical (unpaired) electrons. The van der Waals surface area contributed by atoms with Gasteiger partial charge in [0.1, 0.15) is 16.5 Å². The van der Waals surface area contributed by atoms with E-state index in [0.717, 1.165) is 26.3 Å². The van der Waals surface area contributed by atoms with Crippen LogP contribution in [-0.2, 0) is 0 Å². The highest BCUT2D eigenvalue weighted by Crippen LogP contribution is 2.47. The van der Waals surface area contributed by atoms with E-state index in [1.54, 1.807) is 23.1 Å². The molecule has 6 nitrogen and oxygen atoms in total. The Labute approximate surface area is 179 Å². The highest BCUT2D eigenvalue weighted by molar-refractivity contribution is 7.99. The number of thiophene rings is 2. The number of rotatable bonds is 6. The third-order valence-corrected chi connectivity index (χ3v) is 8.30. The van der Waals surface area contributed by atoms with Crippen molar-refractivity contribution in [1.29, 1.82) is 0 Å². The van der Waals surface area contributed by atoms with Gasteiger partial charge in [-0.3, -0.25) is 4.79 Å². The monoisotopic (exact) mass is 441 g/mol. The van der Waals surface area contributed by atoms with Crippen LogP contribution >= 0.6 is 34.4 Å². The molecule has 2 aliphatic rings. The summed E-state index contributed by atoms with van der Waals surface area (Å²) in [5, 5.41) is 14.7. The minimum absolute atomic E-state index is 0.00635. The van der Waals surface area contributed by atoms with Gasteiger partial charge in [0.15, 0.2) is 5.16 Å². The van der Waals surface area contributed by atoms with E-state index in [-0.39, 0.29) is 10.8 Å². The van der Waals surface area contributed by atoms with Crippen molar-refractivity contribution >= 4 is 44.7 Å². The van der Waals surface area contributed by atoms with Crippen LogP contribution in [0.3, 0.4) is 0 Å². The van der Waals surface area contributed by atoms with Crippen LogP contribution in [0.5, 0.6) is 0 Å². The second-order valence-electron chi connectivity index (χ2n) is 7.73. The van der Waals surface area contributed by atoms with Crippen molar-refractivity contribution in [1.82, 2.24) is 24.7 Å². The summed E-state index contributed by atoms with van der Waals surface area (Å²) < 4.78 is 2.34. The number of aromatic nitrogens is 5. The molecule has 29 heavy (non-hydrogen) atoms. The van der Waals surface area contributed by atoms with Gasteiger partial charge in [-0.1, -0.05) is 17.8 Å². The lowest BCUT2D eigenvalue weighted by molar-refractivity contribution is 0.625. The Hall–Kier alpha value is -1.97. The molecule has 1 atom stereocenters. The van der Waals surface area contributed by atoms with Crippen LogP contribution in [0.25, 0.3) is 20.7 Å². The number of hydrogen-bond donors (Lipinski definition) is 1. The van der Waals surface area contributed by atoms with Crippen molar-refractivity contribution in [3.05, 3.63) is 44.9 Å². The highest BCUT2D eigenvalue weighted by Gasteiger charge is 2.36. The maximum atomic E-state index is 12.9. The van der Waals surface area contributed by atoms with Gasteiger partial charge < -0.3 is 9.55 Å². The van der Waals surface area contributed by atoms with E-state index < -0.39 is 0 Å². The third-order valence-electron chi connectivity index (χ3n) is 5.46. The number of H-pyrrole nitrogens is 1. The molecule has 0 bridgehead atoms. The number of nitrogens with zero attached hydrogens (tertiary/aromatic N) is 4. The van der Waals surface area contributed by atoms with E-state index in [1.807, 2.05) is 22.9 Å². The van der Waals surface area contributed by atoms with Crippen molar-refractivity contribution in [2.75, 3.05) is 0 Å². The van der Waals surface area contributed by atoms with Crippen molar-refractivity contribution in [2.24, 2.45) is 0 Å². The van der Waals surface area contributed by atoms with E-state index >= 15 is 0 Å². The van der Waals surface area contributed by atoms with Crippen molar-refractivity contribution in [2.45, 2.75) is 55.0 Å². The van der Waals surface area contributed by atoms with Gasteiger partial charge >= 0.3 is 0 Å². The number of fused-ring (bicyclic) bond motifs is 1. The summed E-state index contributed by atoms with van der Waals surface area (Å²) in [5.74, 6) is 2.44. The molecule has 4 heterocycles. The van der Waals surface area contributed by atoms with Gasteiger partial charge in [-0.25, -0.2) is 4.98 Å². The predicted octanol–water partition coefficient (Wildman–Crippen LogP) is 5.37. The topological polar surface area (TPSA) is 76.5 Å². The fourth-order valence-electron chi connectivity index (χ4n) is 3.65. The van der Waals surface area contributed by atoms with Crippen LogP contribution in [0, 0.1) is 0 Å². The highest BCUT2D eigenvalue weighted by atomic mass is 32.2. The van der Waals surface area contributed by atoms with Crippen LogP contribution in [0.1, 0.15) is 61.5 Å². The summed E-state index contributed by atoms with van der Waals surface area (Å²) in [4.78, 5) is 22.6. The second kappa shape index (κ2) is 6.78. The molecule has 0 saturated heterocycles. The molecule has 9 heteroatoms. The summed E-state index contributed by atoms with van der Waals surface area (Å²) >= 11 is 4.81. The zero-order valence-corrected chi connectivity index (χ0v) is 18.2. The van der Waals surface area contributed by atoms with Gasteiger partial charge in [0.25, 0.3) is 5.56 Å². The Morgan fingerprint density at radius 3 is 2.83 bits per heavy atom. The summed E-state index contributed by atoms with van der Waals surface area (Å²) in [7, 11) is 0. The smallest absolute Gasteiger partial charge is 0.260 e. The summed E-state index contributed by atoms with van der Waals surface area (Å²) in [6.07, 6.45) is 4.87. The summed E-state index contributed by atoms with van der Waals surface area (Å²) in [6, 6.07) is 4.60. The first-order valence-corrected chi connectivity index (χ1v) is 12.5. The van der Waals surface area contributed by atoms with Gasteiger partial charge in [0.2, 0.25) is 0 Å².